The van der Waals surface area contributed by atoms with E-state index in [1.165, 1.54) is 0 Å². The molecule has 158 valence electrons. The molecule has 0 aliphatic carbocycles. The Balaban J connectivity index is 1.69. The Morgan fingerprint density at radius 1 is 0.812 bits per heavy atom. The molecule has 5 heteroatoms. The third-order valence-corrected chi connectivity index (χ3v) is 5.99. The Morgan fingerprint density at radius 3 is 1.97 bits per heavy atom. The van der Waals surface area contributed by atoms with Crippen molar-refractivity contribution in [3.63, 3.8) is 0 Å². The fraction of sp³-hybridized carbons (Fsp3) is 0.148. The topological polar surface area (TPSA) is 57.0 Å². The Kier molecular flexibility index (Phi) is 4.74. The number of nitrogens with zero attached hydrogens (tertiary/aromatic N) is 3. The van der Waals surface area contributed by atoms with Crippen molar-refractivity contribution in [1.29, 1.82) is 0 Å². The lowest BCUT2D eigenvalue weighted by Gasteiger charge is -2.25. The van der Waals surface area contributed by atoms with Gasteiger partial charge in [0, 0.05) is 5.56 Å². The number of benzene rings is 4. The van der Waals surface area contributed by atoms with Crippen LogP contribution in [0.5, 0.6) is 5.75 Å². The van der Waals surface area contributed by atoms with E-state index in [2.05, 4.69) is 10.2 Å². The number of hydrogen-bond acceptors (Lipinski definition) is 4. The van der Waals surface area contributed by atoms with Gasteiger partial charge in [-0.25, -0.2) is 0 Å². The van der Waals surface area contributed by atoms with Crippen LogP contribution >= 0.6 is 0 Å². The maximum Gasteiger partial charge on any atom is 0.175 e. The molecule has 1 aromatic heterocycles. The molecule has 0 atom stereocenters. The molecule has 4 aromatic carbocycles. The molecule has 0 saturated carbocycles. The van der Waals surface area contributed by atoms with Gasteiger partial charge in [0.05, 0.1) is 18.2 Å². The molecule has 0 N–H and O–H groups in total. The van der Waals surface area contributed by atoms with Crippen molar-refractivity contribution in [3.8, 4) is 11.4 Å². The van der Waals surface area contributed by atoms with Gasteiger partial charge in [0.15, 0.2) is 5.78 Å². The number of methoxy groups -OCH3 is 1. The molecule has 0 radical (unpaired) electrons. The van der Waals surface area contributed by atoms with Crippen LogP contribution in [0.2, 0.25) is 0 Å². The zero-order chi connectivity index (χ0) is 22.3. The summed E-state index contributed by atoms with van der Waals surface area (Å²) in [6, 6.07) is 27.3. The summed E-state index contributed by atoms with van der Waals surface area (Å²) in [7, 11) is 1.63. The molecule has 1 heterocycles. The van der Waals surface area contributed by atoms with Crippen LogP contribution in [0, 0.1) is 0 Å². The first-order valence-electron chi connectivity index (χ1n) is 10.5. The van der Waals surface area contributed by atoms with Gasteiger partial charge < -0.3 is 4.74 Å². The van der Waals surface area contributed by atoms with Crippen LogP contribution in [0.3, 0.4) is 0 Å². The van der Waals surface area contributed by atoms with Gasteiger partial charge >= 0.3 is 0 Å². The number of carbonyl (C=O) groups excluding carboxylic acids is 1. The summed E-state index contributed by atoms with van der Waals surface area (Å²) in [5.41, 5.74) is 3.00. The second-order valence-electron chi connectivity index (χ2n) is 8.38. The van der Waals surface area contributed by atoms with Crippen LogP contribution in [0.4, 0.5) is 0 Å². The number of Topliss-reactive ketones (excluding diaryl/α,β-unsaturated/α-hetero) is 1. The van der Waals surface area contributed by atoms with Crippen molar-refractivity contribution < 1.29 is 9.53 Å². The molecule has 5 aromatic rings. The summed E-state index contributed by atoms with van der Waals surface area (Å²) in [5, 5.41) is 11.3. The smallest absolute Gasteiger partial charge is 0.175 e. The van der Waals surface area contributed by atoms with E-state index < -0.39 is 5.41 Å². The molecule has 0 spiro atoms. The molecule has 0 amide bonds. The molecule has 32 heavy (non-hydrogen) atoms. The molecule has 0 bridgehead atoms. The zero-order valence-electron chi connectivity index (χ0n) is 18.2. The third kappa shape index (κ3) is 3.32. The van der Waals surface area contributed by atoms with Crippen LogP contribution in [-0.4, -0.2) is 27.9 Å². The molecule has 5 nitrogen and oxygen atoms in total. The Morgan fingerprint density at radius 2 is 1.38 bits per heavy atom. The van der Waals surface area contributed by atoms with E-state index in [9.17, 15) is 4.79 Å². The van der Waals surface area contributed by atoms with Crippen LogP contribution in [0.15, 0.2) is 84.9 Å². The summed E-state index contributed by atoms with van der Waals surface area (Å²) >= 11 is 0. The Hall–Kier alpha value is -3.99. The van der Waals surface area contributed by atoms with Crippen molar-refractivity contribution in [2.24, 2.45) is 0 Å². The van der Waals surface area contributed by atoms with E-state index in [1.807, 2.05) is 98.8 Å². The fourth-order valence-electron chi connectivity index (χ4n) is 4.02. The van der Waals surface area contributed by atoms with E-state index in [-0.39, 0.29) is 5.78 Å². The highest BCUT2D eigenvalue weighted by Gasteiger charge is 2.33. The number of aromatic nitrogens is 3. The first kappa shape index (κ1) is 19.9. The standard InChI is InChI=1S/C27H23N3O2/c1-27(2,20-12-14-21(32-3)15-13-20)26(31)22-16-18-8-4-5-9-19(18)17-25(22)30-28-23-10-6-7-11-24(23)29-30/h4-17H,1-3H3. The summed E-state index contributed by atoms with van der Waals surface area (Å²) in [5.74, 6) is 0.764. The minimum Gasteiger partial charge on any atom is -0.497 e. The van der Waals surface area contributed by atoms with Gasteiger partial charge in [-0.1, -0.05) is 48.5 Å². The number of ketones is 1. The lowest BCUT2D eigenvalue weighted by Crippen LogP contribution is -2.30. The molecular weight excluding hydrogens is 398 g/mol. The van der Waals surface area contributed by atoms with Crippen molar-refractivity contribution in [1.82, 2.24) is 15.0 Å². The molecule has 5 rings (SSSR count). The first-order valence-corrected chi connectivity index (χ1v) is 10.5. The normalized spacial score (nSPS) is 11.7. The number of rotatable bonds is 5. The van der Waals surface area contributed by atoms with Crippen molar-refractivity contribution in [3.05, 3.63) is 96.1 Å². The van der Waals surface area contributed by atoms with Crippen molar-refractivity contribution >= 4 is 27.6 Å². The van der Waals surface area contributed by atoms with Crippen molar-refractivity contribution in [2.45, 2.75) is 19.3 Å². The molecular formula is C27H23N3O2. The van der Waals surface area contributed by atoms with Gasteiger partial charge in [0.1, 0.15) is 16.8 Å². The summed E-state index contributed by atoms with van der Waals surface area (Å²) in [6.07, 6.45) is 0. The lowest BCUT2D eigenvalue weighted by atomic mass is 9.77. The van der Waals surface area contributed by atoms with Crippen molar-refractivity contribution in [2.75, 3.05) is 7.11 Å². The highest BCUT2D eigenvalue weighted by molar-refractivity contribution is 6.09. The Bertz CT molecular complexity index is 1420. The predicted octanol–water partition coefficient (Wildman–Crippen LogP) is 5.74. The number of hydrogen-bond donors (Lipinski definition) is 0. The Labute approximate surface area is 186 Å². The second kappa shape index (κ2) is 7.61. The SMILES string of the molecule is COc1ccc(C(C)(C)C(=O)c2cc3ccccc3cc2-n2nc3ccccc3n2)cc1. The van der Waals surface area contributed by atoms with E-state index in [1.54, 1.807) is 11.9 Å². The van der Waals surface area contributed by atoms with Crippen LogP contribution in [0.1, 0.15) is 29.8 Å². The summed E-state index contributed by atoms with van der Waals surface area (Å²) in [6.45, 7) is 3.90. The fourth-order valence-corrected chi connectivity index (χ4v) is 4.02. The lowest BCUT2D eigenvalue weighted by molar-refractivity contribution is 0.0908. The van der Waals surface area contributed by atoms with Crippen LogP contribution in [-0.2, 0) is 5.41 Å². The van der Waals surface area contributed by atoms with E-state index in [0.29, 0.717) is 11.3 Å². The highest BCUT2D eigenvalue weighted by Crippen LogP contribution is 2.33. The maximum absolute atomic E-state index is 14.0. The molecule has 0 aliphatic heterocycles. The van der Waals surface area contributed by atoms with Gasteiger partial charge in [-0.3, -0.25) is 4.79 Å². The quantitative estimate of drug-likeness (QED) is 0.340. The average molecular weight is 422 g/mol. The molecule has 0 unspecified atom stereocenters. The van der Waals surface area contributed by atoms with E-state index in [4.69, 9.17) is 4.74 Å². The minimum absolute atomic E-state index is 0.00442. The monoisotopic (exact) mass is 421 g/mol. The first-order chi connectivity index (χ1) is 15.5. The molecule has 0 aliphatic rings. The van der Waals surface area contributed by atoms with Gasteiger partial charge in [0.2, 0.25) is 0 Å². The summed E-state index contributed by atoms with van der Waals surface area (Å²) < 4.78 is 5.28. The van der Waals surface area contributed by atoms with Gasteiger partial charge in [0.25, 0.3) is 0 Å². The van der Waals surface area contributed by atoms with Gasteiger partial charge in [-0.15, -0.1) is 15.0 Å². The number of ether oxygens (including phenoxy) is 1. The largest absolute Gasteiger partial charge is 0.497 e. The number of carbonyl (C=O) groups is 1. The van der Waals surface area contributed by atoms with Gasteiger partial charge in [-0.05, 0) is 66.6 Å². The third-order valence-electron chi connectivity index (χ3n) is 5.99. The van der Waals surface area contributed by atoms with Gasteiger partial charge in [-0.2, -0.15) is 0 Å². The van der Waals surface area contributed by atoms with E-state index >= 15 is 0 Å². The zero-order valence-corrected chi connectivity index (χ0v) is 18.2. The minimum atomic E-state index is -0.754. The molecule has 0 saturated heterocycles. The average Bonchev–Trinajstić information content (AvgIpc) is 3.27. The number of fused-ring (bicyclic) bond motifs is 2. The predicted molar refractivity (Wildman–Crippen MR) is 127 cm³/mol. The maximum atomic E-state index is 14.0. The summed E-state index contributed by atoms with van der Waals surface area (Å²) in [4.78, 5) is 15.6. The second-order valence-corrected chi connectivity index (χ2v) is 8.38. The van der Waals surface area contributed by atoms with Crippen LogP contribution < -0.4 is 4.74 Å². The highest BCUT2D eigenvalue weighted by atomic mass is 16.5. The van der Waals surface area contributed by atoms with E-state index in [0.717, 1.165) is 33.1 Å². The van der Waals surface area contributed by atoms with Crippen LogP contribution in [0.25, 0.3) is 27.5 Å². The molecule has 0 fully saturated rings.